The fraction of sp³-hybridized carbons (Fsp3) is 0.444. The van der Waals surface area contributed by atoms with Crippen molar-refractivity contribution < 1.29 is 19.1 Å². The molecule has 0 saturated carbocycles. The molecule has 0 heterocycles. The van der Waals surface area contributed by atoms with Gasteiger partial charge in [-0.3, -0.25) is 9.59 Å². The standard InChI is InChI=1S/C18H23NO4/c1-22-16-9-7-14(8-10-16)11-12-19-17(20)13-23-18(21)15-5-3-2-4-6-15/h2-3,7-10,15H,4-6,11-13H2,1H3,(H,19,20)/t15-/m1/s1. The van der Waals surface area contributed by atoms with Crippen LogP contribution in [0.4, 0.5) is 0 Å². The van der Waals surface area contributed by atoms with E-state index in [1.165, 1.54) is 0 Å². The van der Waals surface area contributed by atoms with Crippen molar-refractivity contribution in [1.29, 1.82) is 0 Å². The van der Waals surface area contributed by atoms with Crippen LogP contribution in [0.25, 0.3) is 0 Å². The van der Waals surface area contributed by atoms with Gasteiger partial charge in [-0.05, 0) is 43.4 Å². The number of amides is 1. The van der Waals surface area contributed by atoms with Crippen molar-refractivity contribution in [2.24, 2.45) is 5.92 Å². The molecule has 1 aliphatic carbocycles. The molecule has 0 unspecified atom stereocenters. The van der Waals surface area contributed by atoms with Crippen molar-refractivity contribution in [3.63, 3.8) is 0 Å². The summed E-state index contributed by atoms with van der Waals surface area (Å²) in [5.74, 6) is 0.159. The first kappa shape index (κ1) is 17.1. The highest BCUT2D eigenvalue weighted by atomic mass is 16.5. The highest BCUT2D eigenvalue weighted by molar-refractivity contribution is 5.81. The summed E-state index contributed by atoms with van der Waals surface area (Å²) in [7, 11) is 1.63. The molecule has 5 heteroatoms. The number of carbonyl (C=O) groups excluding carboxylic acids is 2. The maximum atomic E-state index is 11.8. The Hall–Kier alpha value is -2.30. The van der Waals surface area contributed by atoms with Gasteiger partial charge in [0.15, 0.2) is 6.61 Å². The number of esters is 1. The van der Waals surface area contributed by atoms with Gasteiger partial charge in [-0.15, -0.1) is 0 Å². The van der Waals surface area contributed by atoms with Gasteiger partial charge >= 0.3 is 5.97 Å². The molecule has 0 aromatic heterocycles. The monoisotopic (exact) mass is 317 g/mol. The first-order valence-electron chi connectivity index (χ1n) is 7.90. The Morgan fingerprint density at radius 2 is 2.00 bits per heavy atom. The predicted octanol–water partition coefficient (Wildman–Crippen LogP) is 2.25. The topological polar surface area (TPSA) is 64.6 Å². The Morgan fingerprint density at radius 3 is 2.65 bits per heavy atom. The van der Waals surface area contributed by atoms with Crippen LogP contribution in [0, 0.1) is 5.92 Å². The molecule has 124 valence electrons. The molecular weight excluding hydrogens is 294 g/mol. The van der Waals surface area contributed by atoms with Crippen molar-refractivity contribution in [1.82, 2.24) is 5.32 Å². The number of rotatable bonds is 7. The fourth-order valence-corrected chi connectivity index (χ4v) is 2.45. The summed E-state index contributed by atoms with van der Waals surface area (Å²) in [6.07, 6.45) is 7.18. The third-order valence-electron chi connectivity index (χ3n) is 3.84. The van der Waals surface area contributed by atoms with Gasteiger partial charge in [-0.2, -0.15) is 0 Å². The lowest BCUT2D eigenvalue weighted by Crippen LogP contribution is -2.31. The molecular formula is C18H23NO4. The number of benzene rings is 1. The molecule has 2 rings (SSSR count). The summed E-state index contributed by atoms with van der Waals surface area (Å²) in [6, 6.07) is 7.69. The van der Waals surface area contributed by atoms with Crippen LogP contribution in [0.2, 0.25) is 0 Å². The molecule has 0 bridgehead atoms. The van der Waals surface area contributed by atoms with Crippen molar-refractivity contribution in [3.05, 3.63) is 42.0 Å². The van der Waals surface area contributed by atoms with E-state index < -0.39 is 0 Å². The van der Waals surface area contributed by atoms with Crippen LogP contribution in [0.3, 0.4) is 0 Å². The zero-order valence-electron chi connectivity index (χ0n) is 13.4. The number of methoxy groups -OCH3 is 1. The SMILES string of the molecule is COc1ccc(CCNC(=O)COC(=O)[C@@H]2CC=CCC2)cc1. The maximum absolute atomic E-state index is 11.8. The van der Waals surface area contributed by atoms with E-state index in [1.807, 2.05) is 30.3 Å². The van der Waals surface area contributed by atoms with Crippen LogP contribution in [0.15, 0.2) is 36.4 Å². The third-order valence-corrected chi connectivity index (χ3v) is 3.84. The second kappa shape index (κ2) is 8.98. The fourth-order valence-electron chi connectivity index (χ4n) is 2.45. The van der Waals surface area contributed by atoms with E-state index in [0.717, 1.165) is 30.6 Å². The van der Waals surface area contributed by atoms with E-state index in [0.29, 0.717) is 13.0 Å². The Labute approximate surface area is 136 Å². The normalized spacial score (nSPS) is 16.7. The molecule has 1 aromatic carbocycles. The van der Waals surface area contributed by atoms with Crippen molar-refractivity contribution in [2.45, 2.75) is 25.7 Å². The summed E-state index contributed by atoms with van der Waals surface area (Å²) >= 11 is 0. The molecule has 0 radical (unpaired) electrons. The largest absolute Gasteiger partial charge is 0.497 e. The minimum absolute atomic E-state index is 0.105. The van der Waals surface area contributed by atoms with E-state index in [2.05, 4.69) is 11.4 Å². The molecule has 1 atom stereocenters. The van der Waals surface area contributed by atoms with Gasteiger partial charge in [0.2, 0.25) is 0 Å². The molecule has 5 nitrogen and oxygen atoms in total. The average molecular weight is 317 g/mol. The molecule has 0 saturated heterocycles. The summed E-state index contributed by atoms with van der Waals surface area (Å²) in [5.41, 5.74) is 1.11. The number of carbonyl (C=O) groups is 2. The van der Waals surface area contributed by atoms with Crippen LogP contribution < -0.4 is 10.1 Å². The zero-order chi connectivity index (χ0) is 16.5. The second-order valence-electron chi connectivity index (χ2n) is 5.54. The number of ether oxygens (including phenoxy) is 2. The van der Waals surface area contributed by atoms with Crippen LogP contribution in [0.1, 0.15) is 24.8 Å². The van der Waals surface area contributed by atoms with Crippen molar-refractivity contribution in [2.75, 3.05) is 20.3 Å². The number of hydrogen-bond donors (Lipinski definition) is 1. The average Bonchev–Trinajstić information content (AvgIpc) is 2.61. The predicted molar refractivity (Wildman–Crippen MR) is 87.1 cm³/mol. The Kier molecular flexibility index (Phi) is 6.66. The molecule has 0 spiro atoms. The third kappa shape index (κ3) is 5.77. The van der Waals surface area contributed by atoms with Crippen LogP contribution in [0.5, 0.6) is 5.75 Å². The minimum atomic E-state index is -0.278. The minimum Gasteiger partial charge on any atom is -0.497 e. The summed E-state index contributed by atoms with van der Waals surface area (Å²) in [5, 5.41) is 2.76. The lowest BCUT2D eigenvalue weighted by molar-refractivity contribution is -0.152. The van der Waals surface area contributed by atoms with Gasteiger partial charge in [0.25, 0.3) is 5.91 Å². The van der Waals surface area contributed by atoms with Crippen LogP contribution in [-0.4, -0.2) is 32.1 Å². The summed E-state index contributed by atoms with van der Waals surface area (Å²) in [4.78, 5) is 23.5. The van der Waals surface area contributed by atoms with Gasteiger partial charge in [0.1, 0.15) is 5.75 Å². The van der Waals surface area contributed by atoms with Crippen molar-refractivity contribution in [3.8, 4) is 5.75 Å². The number of hydrogen-bond acceptors (Lipinski definition) is 4. The molecule has 1 aromatic rings. The Morgan fingerprint density at radius 1 is 1.22 bits per heavy atom. The number of allylic oxidation sites excluding steroid dienone is 2. The molecule has 23 heavy (non-hydrogen) atoms. The first-order chi connectivity index (χ1) is 11.2. The van der Waals surface area contributed by atoms with Gasteiger partial charge in [0, 0.05) is 6.54 Å². The zero-order valence-corrected chi connectivity index (χ0v) is 13.4. The summed E-state index contributed by atoms with van der Waals surface area (Å²) in [6.45, 7) is 0.302. The smallest absolute Gasteiger partial charge is 0.309 e. The second-order valence-corrected chi connectivity index (χ2v) is 5.54. The van der Waals surface area contributed by atoms with Crippen LogP contribution >= 0.6 is 0 Å². The summed E-state index contributed by atoms with van der Waals surface area (Å²) < 4.78 is 10.2. The highest BCUT2D eigenvalue weighted by Crippen LogP contribution is 2.19. The molecule has 0 fully saturated rings. The highest BCUT2D eigenvalue weighted by Gasteiger charge is 2.20. The van der Waals surface area contributed by atoms with Crippen LogP contribution in [-0.2, 0) is 20.7 Å². The van der Waals surface area contributed by atoms with Gasteiger partial charge in [-0.1, -0.05) is 24.3 Å². The van der Waals surface area contributed by atoms with E-state index in [1.54, 1.807) is 7.11 Å². The Bertz CT molecular complexity index is 551. The number of nitrogens with one attached hydrogen (secondary N) is 1. The maximum Gasteiger partial charge on any atom is 0.309 e. The lowest BCUT2D eigenvalue weighted by Gasteiger charge is -2.16. The molecule has 1 aliphatic rings. The van der Waals surface area contributed by atoms with Gasteiger partial charge in [-0.25, -0.2) is 0 Å². The molecule has 1 amide bonds. The van der Waals surface area contributed by atoms with Gasteiger partial charge < -0.3 is 14.8 Å². The van der Waals surface area contributed by atoms with Gasteiger partial charge in [0.05, 0.1) is 13.0 Å². The molecule has 0 aliphatic heterocycles. The quantitative estimate of drug-likeness (QED) is 0.619. The molecule has 1 N–H and O–H groups in total. The lowest BCUT2D eigenvalue weighted by atomic mass is 9.95. The van der Waals surface area contributed by atoms with E-state index in [-0.39, 0.29) is 24.4 Å². The van der Waals surface area contributed by atoms with E-state index in [4.69, 9.17) is 9.47 Å². The van der Waals surface area contributed by atoms with E-state index >= 15 is 0 Å². The van der Waals surface area contributed by atoms with E-state index in [9.17, 15) is 9.59 Å². The van der Waals surface area contributed by atoms with Crippen molar-refractivity contribution >= 4 is 11.9 Å². The first-order valence-corrected chi connectivity index (χ1v) is 7.90. The Balaban J connectivity index is 1.62.